The summed E-state index contributed by atoms with van der Waals surface area (Å²) in [5.74, 6) is -11.1. The third kappa shape index (κ3) is 21.5. The molecule has 408 valence electrons. The van der Waals surface area contributed by atoms with Crippen LogP contribution in [-0.4, -0.2) is 131 Å². The maximum atomic E-state index is 14.3. The number of aromatic hydroxyl groups is 1. The summed E-state index contributed by atoms with van der Waals surface area (Å²) in [6.07, 6.45) is 4.85. The van der Waals surface area contributed by atoms with Gasteiger partial charge in [0.2, 0.25) is 35.4 Å². The first-order valence-electron chi connectivity index (χ1n) is 24.5. The van der Waals surface area contributed by atoms with Crippen LogP contribution in [0.2, 0.25) is 0 Å². The van der Waals surface area contributed by atoms with E-state index in [1.807, 2.05) is 43.3 Å². The van der Waals surface area contributed by atoms with Gasteiger partial charge in [0.05, 0.1) is 24.5 Å². The SMILES string of the molecule is CC=C1NC(=O)CC[C@H](C(=O)O)NC(=O)[C@@H](C)[C@H](C=CC(C)=C[C@H](C)[C@H](Cc2ccccc2)OC)NC(=O)[C@H](CCCN=C(N)N)NC(=O)C[C@H](C(=O)O)NC(=O)[C@H](CCc2ccc(O)cc2)NC(=O)[C@@H](C)NC1=O. The molecule has 1 heterocycles. The summed E-state index contributed by atoms with van der Waals surface area (Å²) in [6, 6.07) is 6.73. The number of allylic oxidation sites excluding steroid dienone is 3. The second-order valence-electron chi connectivity index (χ2n) is 18.2. The monoisotopic (exact) mass is 1040 g/mol. The highest BCUT2D eigenvalue weighted by Gasteiger charge is 2.34. The molecular weight excluding hydrogens is 973 g/mol. The number of hydrogen-bond donors (Lipinski definition) is 12. The summed E-state index contributed by atoms with van der Waals surface area (Å²) in [5.41, 5.74) is 13.1. The fraction of sp³-hybridized carbons (Fsp3) is 0.462. The number of benzene rings is 2. The highest BCUT2D eigenvalue weighted by molar-refractivity contribution is 6.00. The number of carboxylic acid groups (broad SMARTS) is 2. The lowest BCUT2D eigenvalue weighted by Crippen LogP contribution is -2.56. The number of nitrogens with one attached hydrogen (secondary N) is 7. The quantitative estimate of drug-likeness (QED) is 0.0362. The van der Waals surface area contributed by atoms with Crippen LogP contribution in [0.4, 0.5) is 0 Å². The molecule has 0 aliphatic carbocycles. The van der Waals surface area contributed by atoms with E-state index in [0.29, 0.717) is 17.6 Å². The molecule has 1 fully saturated rings. The Balaban J connectivity index is 2.09. The van der Waals surface area contributed by atoms with Crippen molar-refractivity contribution in [1.29, 1.82) is 0 Å². The predicted molar refractivity (Wildman–Crippen MR) is 277 cm³/mol. The molecule has 75 heavy (non-hydrogen) atoms. The molecular formula is C52H72N10O13. The molecule has 0 radical (unpaired) electrons. The summed E-state index contributed by atoms with van der Waals surface area (Å²) in [5, 5.41) is 47.5. The summed E-state index contributed by atoms with van der Waals surface area (Å²) < 4.78 is 5.81. The maximum absolute atomic E-state index is 14.3. The number of rotatable bonds is 16. The van der Waals surface area contributed by atoms with E-state index in [1.54, 1.807) is 32.2 Å². The molecule has 0 unspecified atom stereocenters. The topological polar surface area (TPSA) is 372 Å². The van der Waals surface area contributed by atoms with E-state index in [0.717, 1.165) is 5.56 Å². The number of phenols is 1. The molecule has 2 aromatic rings. The van der Waals surface area contributed by atoms with Crippen LogP contribution < -0.4 is 48.7 Å². The zero-order chi connectivity index (χ0) is 55.8. The smallest absolute Gasteiger partial charge is 0.326 e. The molecule has 7 amide bonds. The van der Waals surface area contributed by atoms with Gasteiger partial charge >= 0.3 is 11.9 Å². The highest BCUT2D eigenvalue weighted by atomic mass is 16.5. The zero-order valence-electron chi connectivity index (χ0n) is 43.1. The third-order valence-electron chi connectivity index (χ3n) is 12.2. The first-order valence-corrected chi connectivity index (χ1v) is 24.5. The molecule has 23 nitrogen and oxygen atoms in total. The van der Waals surface area contributed by atoms with Crippen molar-refractivity contribution < 1.29 is 63.2 Å². The standard InChI is InChI=1S/C52H72N10O13/c1-7-36-47(68)56-32(5)46(67)60-39(22-18-33-16-19-35(63)20-17-33)49(70)62-41(51(73)74)28-44(65)58-38(14-11-25-55-52(53)54)48(69)59-37(31(4)45(66)61-40(50(71)72)23-24-43(64)57-36)21-15-29(2)26-30(3)42(75-6)27-34-12-9-8-10-13-34/h7-10,12-13,15-17,19-21,26,30-32,37-42,63H,11,14,18,22-25,27-28H2,1-6H3,(H,56,68)(H,57,64)(H,58,65)(H,59,69)(H,60,67)(H,61,66)(H,62,70)(H,71,72)(H,73,74)(H4,53,54,55)/t30-,31-,32+,37-,38-,39-,40+,41+,42-/m0/s1. The van der Waals surface area contributed by atoms with Crippen LogP contribution in [0.3, 0.4) is 0 Å². The maximum Gasteiger partial charge on any atom is 0.326 e. The first kappa shape index (κ1) is 61.2. The van der Waals surface area contributed by atoms with Gasteiger partial charge in [0.25, 0.3) is 5.91 Å². The Kier molecular flexibility index (Phi) is 25.2. The number of hydrogen-bond acceptors (Lipinski definition) is 12. The van der Waals surface area contributed by atoms with Crippen molar-refractivity contribution in [3.63, 3.8) is 0 Å². The fourth-order valence-electron chi connectivity index (χ4n) is 7.80. The average Bonchev–Trinajstić information content (AvgIpc) is 3.36. The van der Waals surface area contributed by atoms with Gasteiger partial charge in [0, 0.05) is 26.0 Å². The van der Waals surface area contributed by atoms with Gasteiger partial charge in [-0.25, -0.2) is 9.59 Å². The number of amides is 7. The van der Waals surface area contributed by atoms with Gasteiger partial charge in [-0.3, -0.25) is 38.6 Å². The largest absolute Gasteiger partial charge is 0.508 e. The molecule has 1 aliphatic heterocycles. The second kappa shape index (κ2) is 30.8. The van der Waals surface area contributed by atoms with Crippen LogP contribution in [0, 0.1) is 11.8 Å². The fourth-order valence-corrected chi connectivity index (χ4v) is 7.80. The molecule has 1 aliphatic rings. The molecule has 2 aromatic carbocycles. The van der Waals surface area contributed by atoms with Gasteiger partial charge in [0.15, 0.2) is 5.96 Å². The van der Waals surface area contributed by atoms with E-state index < -0.39 is 115 Å². The number of aryl methyl sites for hydroxylation is 1. The number of aliphatic carboxylic acids is 2. The lowest BCUT2D eigenvalue weighted by Gasteiger charge is -2.27. The number of carbonyl (C=O) groups is 9. The number of nitrogens with zero attached hydrogens (tertiary/aromatic N) is 1. The van der Waals surface area contributed by atoms with Gasteiger partial charge in [-0.1, -0.05) is 86.2 Å². The number of methoxy groups -OCH3 is 1. The predicted octanol–water partition coefficient (Wildman–Crippen LogP) is 0.713. The van der Waals surface area contributed by atoms with Crippen molar-refractivity contribution in [3.05, 3.63) is 101 Å². The number of phenolic OH excluding ortho intramolecular Hbond substituents is 1. The van der Waals surface area contributed by atoms with E-state index in [4.69, 9.17) is 16.2 Å². The number of carboxylic acids is 2. The van der Waals surface area contributed by atoms with E-state index in [9.17, 15) is 58.5 Å². The van der Waals surface area contributed by atoms with Crippen molar-refractivity contribution in [3.8, 4) is 5.75 Å². The number of nitrogens with two attached hydrogens (primary N) is 2. The normalized spacial score (nSPS) is 23.9. The number of guanidine groups is 1. The minimum absolute atomic E-state index is 0.0110. The lowest BCUT2D eigenvalue weighted by atomic mass is 9.94. The Labute approximate surface area is 435 Å². The molecule has 0 saturated carbocycles. The first-order chi connectivity index (χ1) is 35.5. The van der Waals surface area contributed by atoms with Crippen molar-refractivity contribution >= 4 is 59.2 Å². The van der Waals surface area contributed by atoms with Gasteiger partial charge in [-0.15, -0.1) is 0 Å². The molecule has 3 rings (SSSR count). The highest BCUT2D eigenvalue weighted by Crippen LogP contribution is 2.19. The van der Waals surface area contributed by atoms with Crippen LogP contribution in [0.25, 0.3) is 0 Å². The van der Waals surface area contributed by atoms with Crippen molar-refractivity contribution in [2.75, 3.05) is 13.7 Å². The average molecular weight is 1050 g/mol. The molecule has 0 bridgehead atoms. The Hall–Kier alpha value is -8.08. The van der Waals surface area contributed by atoms with Gasteiger partial charge in [0.1, 0.15) is 41.7 Å². The lowest BCUT2D eigenvalue weighted by molar-refractivity contribution is -0.144. The molecule has 1 saturated heterocycles. The Morgan fingerprint density at radius 1 is 0.787 bits per heavy atom. The minimum atomic E-state index is -1.91. The number of ether oxygens (including phenoxy) is 1. The van der Waals surface area contributed by atoms with Crippen LogP contribution >= 0.6 is 0 Å². The van der Waals surface area contributed by atoms with Crippen LogP contribution in [0.15, 0.2) is 95.2 Å². The van der Waals surface area contributed by atoms with Crippen molar-refractivity contribution in [2.24, 2.45) is 28.3 Å². The van der Waals surface area contributed by atoms with Crippen LogP contribution in [0.5, 0.6) is 5.75 Å². The zero-order valence-corrected chi connectivity index (χ0v) is 43.1. The summed E-state index contributed by atoms with van der Waals surface area (Å²) in [6.45, 7) is 7.89. The second-order valence-corrected chi connectivity index (χ2v) is 18.2. The van der Waals surface area contributed by atoms with Gasteiger partial charge < -0.3 is 68.7 Å². The van der Waals surface area contributed by atoms with Gasteiger partial charge in [-0.2, -0.15) is 0 Å². The molecule has 9 atom stereocenters. The summed E-state index contributed by atoms with van der Waals surface area (Å²) in [4.78, 5) is 125. The molecule has 14 N–H and O–H groups in total. The Morgan fingerprint density at radius 3 is 2.03 bits per heavy atom. The summed E-state index contributed by atoms with van der Waals surface area (Å²) >= 11 is 0. The van der Waals surface area contributed by atoms with E-state index in [2.05, 4.69) is 42.2 Å². The van der Waals surface area contributed by atoms with Crippen molar-refractivity contribution in [1.82, 2.24) is 37.2 Å². The van der Waals surface area contributed by atoms with E-state index >= 15 is 0 Å². The van der Waals surface area contributed by atoms with Crippen LogP contribution in [0.1, 0.15) is 84.3 Å². The Bertz CT molecular complexity index is 2440. The van der Waals surface area contributed by atoms with Gasteiger partial charge in [-0.05, 0) is 82.6 Å². The minimum Gasteiger partial charge on any atom is -0.508 e. The van der Waals surface area contributed by atoms with E-state index in [1.165, 1.54) is 45.1 Å². The number of aliphatic imine (C=N–C) groups is 1. The Morgan fingerprint density at radius 2 is 1.41 bits per heavy atom. The number of carbonyl (C=O) groups excluding carboxylic acids is 7. The molecule has 0 spiro atoms. The van der Waals surface area contributed by atoms with E-state index in [-0.39, 0.29) is 61.7 Å². The summed E-state index contributed by atoms with van der Waals surface area (Å²) in [7, 11) is 1.61. The third-order valence-corrected chi connectivity index (χ3v) is 12.2. The molecule has 0 aromatic heterocycles. The van der Waals surface area contributed by atoms with Crippen molar-refractivity contribution in [2.45, 2.75) is 128 Å². The molecule has 23 heteroatoms. The van der Waals surface area contributed by atoms with Crippen LogP contribution in [-0.2, 0) is 60.7 Å².